The molecule has 0 aliphatic rings. The molecule has 3 nitrogen and oxygen atoms in total. The first-order valence-corrected chi connectivity index (χ1v) is 16.4. The van der Waals surface area contributed by atoms with Crippen LogP contribution in [-0.4, -0.2) is 4.98 Å². The van der Waals surface area contributed by atoms with E-state index in [-0.39, 0.29) is 0 Å². The van der Waals surface area contributed by atoms with Crippen LogP contribution in [0.25, 0.3) is 65.7 Å². The van der Waals surface area contributed by atoms with Gasteiger partial charge >= 0.3 is 0 Å². The average molecular weight is 624 g/mol. The van der Waals surface area contributed by atoms with Gasteiger partial charge in [0, 0.05) is 29.5 Å². The van der Waals surface area contributed by atoms with E-state index in [2.05, 4.69) is 149 Å². The SMILES string of the molecule is N#Cc1ccc(N(c2ccc(-c3cccnc3)cc2)c2ccc(-c3cc4ccc5cc(-c6ccccc6)cc6ccc(c3)c4c56)cc2)cc1. The van der Waals surface area contributed by atoms with Crippen LogP contribution in [-0.2, 0) is 0 Å². The number of pyridine rings is 1. The third-order valence-corrected chi connectivity index (χ3v) is 9.47. The molecule has 9 aromatic rings. The van der Waals surface area contributed by atoms with E-state index in [0.717, 1.165) is 33.8 Å². The molecule has 1 heterocycles. The average Bonchev–Trinajstić information content (AvgIpc) is 3.18. The van der Waals surface area contributed by atoms with Gasteiger partial charge in [0.25, 0.3) is 0 Å². The van der Waals surface area contributed by atoms with Gasteiger partial charge in [-0.1, -0.05) is 84.9 Å². The highest BCUT2D eigenvalue weighted by Gasteiger charge is 2.15. The van der Waals surface area contributed by atoms with Crippen LogP contribution in [0.15, 0.2) is 176 Å². The molecule has 228 valence electrons. The Labute approximate surface area is 284 Å². The standard InChI is InChI=1S/C46H29N3/c47-29-31-8-18-42(19-9-31)49(43-20-14-33(15-21-43)39-7-4-24-48-30-39)44-22-16-34(17-23-44)41-27-37-12-10-35-25-40(32-5-2-1-3-6-32)26-36-11-13-38(28-41)46(37)45(35)36/h1-28,30H. The van der Waals surface area contributed by atoms with Crippen molar-refractivity contribution in [1.82, 2.24) is 4.98 Å². The molecule has 0 fully saturated rings. The number of hydrogen-bond acceptors (Lipinski definition) is 3. The van der Waals surface area contributed by atoms with Gasteiger partial charge in [-0.15, -0.1) is 0 Å². The number of nitrogens with zero attached hydrogens (tertiary/aromatic N) is 3. The van der Waals surface area contributed by atoms with Gasteiger partial charge < -0.3 is 4.90 Å². The van der Waals surface area contributed by atoms with Gasteiger partial charge in [-0.2, -0.15) is 5.26 Å². The Morgan fingerprint density at radius 3 is 1.29 bits per heavy atom. The molecule has 0 radical (unpaired) electrons. The van der Waals surface area contributed by atoms with Gasteiger partial charge in [0.1, 0.15) is 0 Å². The van der Waals surface area contributed by atoms with E-state index in [1.165, 1.54) is 49.0 Å². The summed E-state index contributed by atoms with van der Waals surface area (Å²) in [6.07, 6.45) is 3.67. The minimum atomic E-state index is 0.636. The molecule has 0 aliphatic carbocycles. The Hall–Kier alpha value is -6.76. The molecule has 0 saturated carbocycles. The van der Waals surface area contributed by atoms with Gasteiger partial charge in [-0.25, -0.2) is 0 Å². The van der Waals surface area contributed by atoms with Crippen LogP contribution in [0.1, 0.15) is 5.56 Å². The number of nitriles is 1. The van der Waals surface area contributed by atoms with Crippen LogP contribution < -0.4 is 4.90 Å². The van der Waals surface area contributed by atoms with Crippen molar-refractivity contribution in [1.29, 1.82) is 5.26 Å². The molecule has 0 spiro atoms. The number of aromatic nitrogens is 1. The predicted molar refractivity (Wildman–Crippen MR) is 204 cm³/mol. The molecule has 0 bridgehead atoms. The first-order chi connectivity index (χ1) is 24.2. The normalized spacial score (nSPS) is 11.2. The Morgan fingerprint density at radius 1 is 0.408 bits per heavy atom. The van der Waals surface area contributed by atoms with Gasteiger partial charge in [0.15, 0.2) is 0 Å². The number of benzene rings is 8. The van der Waals surface area contributed by atoms with E-state index in [0.29, 0.717) is 5.56 Å². The lowest BCUT2D eigenvalue weighted by Crippen LogP contribution is -2.09. The second-order valence-corrected chi connectivity index (χ2v) is 12.4. The highest BCUT2D eigenvalue weighted by molar-refractivity contribution is 6.24. The Balaban J connectivity index is 1.09. The third-order valence-electron chi connectivity index (χ3n) is 9.47. The highest BCUT2D eigenvalue weighted by atomic mass is 15.1. The van der Waals surface area contributed by atoms with Crippen molar-refractivity contribution in [3.63, 3.8) is 0 Å². The van der Waals surface area contributed by atoms with Crippen molar-refractivity contribution >= 4 is 49.4 Å². The summed E-state index contributed by atoms with van der Waals surface area (Å²) in [5, 5.41) is 17.1. The fraction of sp³-hybridized carbons (Fsp3) is 0. The smallest absolute Gasteiger partial charge is 0.0991 e. The maximum Gasteiger partial charge on any atom is 0.0991 e. The van der Waals surface area contributed by atoms with Crippen molar-refractivity contribution in [2.45, 2.75) is 0 Å². The highest BCUT2D eigenvalue weighted by Crippen LogP contribution is 2.41. The zero-order valence-corrected chi connectivity index (χ0v) is 26.6. The van der Waals surface area contributed by atoms with Crippen LogP contribution in [0.4, 0.5) is 17.1 Å². The molecule has 0 saturated heterocycles. The lowest BCUT2D eigenvalue weighted by molar-refractivity contribution is 1.28. The fourth-order valence-corrected chi connectivity index (χ4v) is 7.07. The van der Waals surface area contributed by atoms with Crippen LogP contribution in [0.3, 0.4) is 0 Å². The molecule has 49 heavy (non-hydrogen) atoms. The second-order valence-electron chi connectivity index (χ2n) is 12.4. The van der Waals surface area contributed by atoms with E-state index < -0.39 is 0 Å². The summed E-state index contributed by atoms with van der Waals surface area (Å²) in [5.41, 5.74) is 10.7. The van der Waals surface area contributed by atoms with Crippen molar-refractivity contribution in [2.24, 2.45) is 0 Å². The lowest BCUT2D eigenvalue weighted by atomic mass is 9.89. The lowest BCUT2D eigenvalue weighted by Gasteiger charge is -2.26. The maximum absolute atomic E-state index is 9.42. The summed E-state index contributed by atoms with van der Waals surface area (Å²) in [4.78, 5) is 6.50. The summed E-state index contributed by atoms with van der Waals surface area (Å²) in [5.74, 6) is 0. The Kier molecular flexibility index (Phi) is 6.85. The molecule has 1 aromatic heterocycles. The molecule has 0 atom stereocenters. The monoisotopic (exact) mass is 623 g/mol. The molecule has 0 N–H and O–H groups in total. The molecule has 0 amide bonds. The van der Waals surface area contributed by atoms with Crippen molar-refractivity contribution < 1.29 is 0 Å². The molecular formula is C46H29N3. The first-order valence-electron chi connectivity index (χ1n) is 16.4. The van der Waals surface area contributed by atoms with E-state index in [4.69, 9.17) is 0 Å². The number of rotatable bonds is 6. The molecule has 0 aliphatic heterocycles. The van der Waals surface area contributed by atoms with E-state index in [9.17, 15) is 5.26 Å². The van der Waals surface area contributed by atoms with E-state index >= 15 is 0 Å². The van der Waals surface area contributed by atoms with Gasteiger partial charge in [-0.05, 0) is 145 Å². The predicted octanol–water partition coefficient (Wildman–Crippen LogP) is 12.3. The largest absolute Gasteiger partial charge is 0.311 e. The minimum absolute atomic E-state index is 0.636. The van der Waals surface area contributed by atoms with Crippen molar-refractivity contribution in [3.8, 4) is 39.4 Å². The minimum Gasteiger partial charge on any atom is -0.311 e. The maximum atomic E-state index is 9.42. The van der Waals surface area contributed by atoms with Crippen LogP contribution in [0, 0.1) is 11.3 Å². The summed E-state index contributed by atoms with van der Waals surface area (Å²) >= 11 is 0. The summed E-state index contributed by atoms with van der Waals surface area (Å²) in [6, 6.07) is 60.2. The number of anilines is 3. The zero-order valence-electron chi connectivity index (χ0n) is 26.6. The molecular weight excluding hydrogens is 595 g/mol. The van der Waals surface area contributed by atoms with Crippen LogP contribution >= 0.6 is 0 Å². The summed E-state index contributed by atoms with van der Waals surface area (Å²) in [7, 11) is 0. The van der Waals surface area contributed by atoms with Crippen LogP contribution in [0.5, 0.6) is 0 Å². The van der Waals surface area contributed by atoms with Crippen molar-refractivity contribution in [2.75, 3.05) is 4.90 Å². The molecule has 9 rings (SSSR count). The third kappa shape index (κ3) is 5.13. The Morgan fingerprint density at radius 2 is 0.837 bits per heavy atom. The zero-order chi connectivity index (χ0) is 32.7. The van der Waals surface area contributed by atoms with Crippen LogP contribution in [0.2, 0.25) is 0 Å². The van der Waals surface area contributed by atoms with E-state index in [1.807, 2.05) is 36.5 Å². The first kappa shape index (κ1) is 28.5. The molecule has 8 aromatic carbocycles. The van der Waals surface area contributed by atoms with Crippen molar-refractivity contribution in [3.05, 3.63) is 182 Å². The van der Waals surface area contributed by atoms with Gasteiger partial charge in [0.2, 0.25) is 0 Å². The topological polar surface area (TPSA) is 39.9 Å². The number of hydrogen-bond donors (Lipinski definition) is 0. The fourth-order valence-electron chi connectivity index (χ4n) is 7.07. The van der Waals surface area contributed by atoms with E-state index in [1.54, 1.807) is 6.20 Å². The molecule has 0 unspecified atom stereocenters. The molecule has 3 heteroatoms. The van der Waals surface area contributed by atoms with Gasteiger partial charge in [-0.3, -0.25) is 4.98 Å². The quantitative estimate of drug-likeness (QED) is 0.173. The van der Waals surface area contributed by atoms with Gasteiger partial charge in [0.05, 0.1) is 11.6 Å². The summed E-state index contributed by atoms with van der Waals surface area (Å²) in [6.45, 7) is 0. The Bertz CT molecular complexity index is 2550. The second kappa shape index (κ2) is 11.8. The summed E-state index contributed by atoms with van der Waals surface area (Å²) < 4.78 is 0.